The monoisotopic (exact) mass is 256 g/mol. The molecule has 0 aliphatic heterocycles. The van der Waals surface area contributed by atoms with E-state index in [1.165, 1.54) is 32.1 Å². The van der Waals surface area contributed by atoms with Crippen molar-refractivity contribution in [3.63, 3.8) is 0 Å². The molecule has 0 spiro atoms. The Balaban J connectivity index is 3.93. The molecule has 0 saturated heterocycles. The van der Waals surface area contributed by atoms with Crippen molar-refractivity contribution in [3.05, 3.63) is 0 Å². The van der Waals surface area contributed by atoms with E-state index in [1.807, 2.05) is 0 Å². The van der Waals surface area contributed by atoms with E-state index in [2.05, 4.69) is 48.5 Å². The van der Waals surface area contributed by atoms with Gasteiger partial charge in [0.15, 0.2) is 0 Å². The van der Waals surface area contributed by atoms with Gasteiger partial charge in [-0.1, -0.05) is 54.9 Å². The summed E-state index contributed by atoms with van der Waals surface area (Å²) in [6, 6.07) is 0. The maximum atomic E-state index is 9.47. The Morgan fingerprint density at radius 2 is 1.39 bits per heavy atom. The van der Waals surface area contributed by atoms with E-state index >= 15 is 0 Å². The minimum Gasteiger partial charge on any atom is -0.396 e. The summed E-state index contributed by atoms with van der Waals surface area (Å²) in [5.74, 6) is 1.28. The Labute approximate surface area is 115 Å². The van der Waals surface area contributed by atoms with Gasteiger partial charge in [-0.25, -0.2) is 0 Å². The molecule has 0 aromatic heterocycles. The van der Waals surface area contributed by atoms with Crippen molar-refractivity contribution in [3.8, 4) is 0 Å². The van der Waals surface area contributed by atoms with Gasteiger partial charge in [0.25, 0.3) is 0 Å². The van der Waals surface area contributed by atoms with Gasteiger partial charge in [0.2, 0.25) is 0 Å². The number of hydrogen-bond acceptors (Lipinski definition) is 1. The maximum absolute atomic E-state index is 9.47. The largest absolute Gasteiger partial charge is 0.396 e. The predicted molar refractivity (Wildman–Crippen MR) is 81.7 cm³/mol. The van der Waals surface area contributed by atoms with Crippen molar-refractivity contribution in [1.82, 2.24) is 0 Å². The topological polar surface area (TPSA) is 20.2 Å². The van der Waals surface area contributed by atoms with Crippen LogP contribution in [0.25, 0.3) is 0 Å². The van der Waals surface area contributed by atoms with Crippen LogP contribution in [0.4, 0.5) is 0 Å². The van der Waals surface area contributed by atoms with E-state index < -0.39 is 0 Å². The smallest absolute Gasteiger partial charge is 0.0459 e. The molecule has 1 heteroatoms. The van der Waals surface area contributed by atoms with Crippen LogP contribution in [0, 0.1) is 22.7 Å². The fraction of sp³-hybridized carbons (Fsp3) is 1.00. The van der Waals surface area contributed by atoms with Gasteiger partial charge in [0, 0.05) is 6.61 Å². The Kier molecular flexibility index (Phi) is 7.51. The van der Waals surface area contributed by atoms with Gasteiger partial charge >= 0.3 is 0 Å². The SMILES string of the molecule is CC(CCC(CO)CCC(C)(C)C)CC(C)(C)C. The highest BCUT2D eigenvalue weighted by Gasteiger charge is 2.18. The van der Waals surface area contributed by atoms with Gasteiger partial charge < -0.3 is 5.11 Å². The molecular weight excluding hydrogens is 220 g/mol. The maximum Gasteiger partial charge on any atom is 0.0459 e. The van der Waals surface area contributed by atoms with Gasteiger partial charge in [0.1, 0.15) is 0 Å². The van der Waals surface area contributed by atoms with Crippen LogP contribution in [0.2, 0.25) is 0 Å². The standard InChI is InChI=1S/C17H36O/c1-14(12-17(5,6)7)8-9-15(13-18)10-11-16(2,3)4/h14-15,18H,8-13H2,1-7H3. The molecule has 110 valence electrons. The Morgan fingerprint density at radius 1 is 0.833 bits per heavy atom. The molecule has 2 atom stereocenters. The predicted octanol–water partition coefficient (Wildman–Crippen LogP) is 5.27. The fourth-order valence-electron chi connectivity index (χ4n) is 2.63. The highest BCUT2D eigenvalue weighted by Crippen LogP contribution is 2.30. The minimum atomic E-state index is 0.359. The lowest BCUT2D eigenvalue weighted by atomic mass is 9.81. The van der Waals surface area contributed by atoms with Crippen molar-refractivity contribution in [1.29, 1.82) is 0 Å². The second-order valence-electron chi connectivity index (χ2n) is 8.60. The lowest BCUT2D eigenvalue weighted by Crippen LogP contribution is -2.15. The van der Waals surface area contributed by atoms with Crippen molar-refractivity contribution in [2.45, 2.75) is 80.6 Å². The molecule has 0 aromatic carbocycles. The highest BCUT2D eigenvalue weighted by molar-refractivity contribution is 4.70. The van der Waals surface area contributed by atoms with Gasteiger partial charge in [-0.05, 0) is 48.3 Å². The second kappa shape index (κ2) is 7.53. The number of rotatable bonds is 7. The van der Waals surface area contributed by atoms with Gasteiger partial charge in [-0.15, -0.1) is 0 Å². The molecule has 0 heterocycles. The Morgan fingerprint density at radius 3 is 1.78 bits per heavy atom. The third-order valence-electron chi connectivity index (χ3n) is 3.59. The first kappa shape index (κ1) is 18.0. The van der Waals surface area contributed by atoms with Gasteiger partial charge in [-0.3, -0.25) is 0 Å². The van der Waals surface area contributed by atoms with Gasteiger partial charge in [0.05, 0.1) is 0 Å². The fourth-order valence-corrected chi connectivity index (χ4v) is 2.63. The summed E-state index contributed by atoms with van der Waals surface area (Å²) in [5.41, 5.74) is 0.823. The zero-order chi connectivity index (χ0) is 14.4. The first-order chi connectivity index (χ1) is 8.03. The van der Waals surface area contributed by atoms with Gasteiger partial charge in [-0.2, -0.15) is 0 Å². The van der Waals surface area contributed by atoms with E-state index in [0.717, 1.165) is 5.92 Å². The van der Waals surface area contributed by atoms with Crippen molar-refractivity contribution >= 4 is 0 Å². The minimum absolute atomic E-state index is 0.359. The summed E-state index contributed by atoms with van der Waals surface area (Å²) in [4.78, 5) is 0. The molecule has 0 aliphatic carbocycles. The highest BCUT2D eigenvalue weighted by atomic mass is 16.3. The Bertz CT molecular complexity index is 207. The first-order valence-corrected chi connectivity index (χ1v) is 7.64. The molecule has 0 saturated carbocycles. The zero-order valence-corrected chi connectivity index (χ0v) is 13.8. The van der Waals surface area contributed by atoms with Crippen molar-refractivity contribution < 1.29 is 5.11 Å². The molecule has 1 N–H and O–H groups in total. The van der Waals surface area contributed by atoms with Crippen LogP contribution in [-0.2, 0) is 0 Å². The molecule has 0 aliphatic rings. The molecule has 0 amide bonds. The summed E-state index contributed by atoms with van der Waals surface area (Å²) < 4.78 is 0. The van der Waals surface area contributed by atoms with Crippen LogP contribution in [0.1, 0.15) is 80.6 Å². The number of hydrogen-bond donors (Lipinski definition) is 1. The van der Waals surface area contributed by atoms with Crippen LogP contribution in [0.15, 0.2) is 0 Å². The quantitative estimate of drug-likeness (QED) is 0.657. The first-order valence-electron chi connectivity index (χ1n) is 7.64. The summed E-state index contributed by atoms with van der Waals surface area (Å²) in [6.45, 7) is 16.5. The summed E-state index contributed by atoms with van der Waals surface area (Å²) in [6.07, 6.45) is 6.11. The average molecular weight is 256 g/mol. The van der Waals surface area contributed by atoms with E-state index in [-0.39, 0.29) is 0 Å². The summed E-state index contributed by atoms with van der Waals surface area (Å²) in [7, 11) is 0. The number of aliphatic hydroxyl groups excluding tert-OH is 1. The third kappa shape index (κ3) is 11.1. The average Bonchev–Trinajstić information content (AvgIpc) is 2.13. The van der Waals surface area contributed by atoms with Crippen LogP contribution in [0.5, 0.6) is 0 Å². The van der Waals surface area contributed by atoms with Crippen molar-refractivity contribution in [2.24, 2.45) is 22.7 Å². The lowest BCUT2D eigenvalue weighted by molar-refractivity contribution is 0.180. The summed E-state index contributed by atoms with van der Waals surface area (Å²) >= 11 is 0. The second-order valence-corrected chi connectivity index (χ2v) is 8.60. The number of aliphatic hydroxyl groups is 1. The van der Waals surface area contributed by atoms with E-state index in [9.17, 15) is 5.11 Å². The molecule has 0 bridgehead atoms. The molecule has 0 aromatic rings. The van der Waals surface area contributed by atoms with Crippen molar-refractivity contribution in [2.75, 3.05) is 6.61 Å². The van der Waals surface area contributed by atoms with Crippen LogP contribution >= 0.6 is 0 Å². The van der Waals surface area contributed by atoms with E-state index in [0.29, 0.717) is 23.4 Å². The lowest BCUT2D eigenvalue weighted by Gasteiger charge is -2.26. The Hall–Kier alpha value is -0.0400. The molecule has 1 nitrogen and oxygen atoms in total. The molecule has 2 unspecified atom stereocenters. The zero-order valence-electron chi connectivity index (χ0n) is 13.8. The summed E-state index contributed by atoms with van der Waals surface area (Å²) in [5, 5.41) is 9.47. The normalized spacial score (nSPS) is 16.7. The molecule has 0 radical (unpaired) electrons. The molecule has 18 heavy (non-hydrogen) atoms. The van der Waals surface area contributed by atoms with E-state index in [1.54, 1.807) is 0 Å². The van der Waals surface area contributed by atoms with Crippen LogP contribution < -0.4 is 0 Å². The molecule has 0 fully saturated rings. The van der Waals surface area contributed by atoms with E-state index in [4.69, 9.17) is 0 Å². The van der Waals surface area contributed by atoms with Crippen LogP contribution in [-0.4, -0.2) is 11.7 Å². The molecular formula is C17H36O. The molecule has 0 rings (SSSR count). The van der Waals surface area contributed by atoms with Crippen LogP contribution in [0.3, 0.4) is 0 Å². The third-order valence-corrected chi connectivity index (χ3v) is 3.59.